The van der Waals surface area contributed by atoms with E-state index in [-0.39, 0.29) is 49.5 Å². The second-order valence-corrected chi connectivity index (χ2v) is 15.5. The van der Waals surface area contributed by atoms with Crippen molar-refractivity contribution in [1.29, 1.82) is 0 Å². The van der Waals surface area contributed by atoms with Gasteiger partial charge in [-0.25, -0.2) is 0 Å². The first-order chi connectivity index (χ1) is 16.3. The van der Waals surface area contributed by atoms with Gasteiger partial charge in [0.2, 0.25) is 0 Å². The molecule has 1 saturated heterocycles. The number of hydrogen-bond donors (Lipinski definition) is 0. The van der Waals surface area contributed by atoms with Crippen molar-refractivity contribution in [3.05, 3.63) is 111 Å². The van der Waals surface area contributed by atoms with Crippen molar-refractivity contribution in [2.45, 2.75) is 71.0 Å². The molecule has 38 heavy (non-hydrogen) atoms. The topological polar surface area (TPSA) is 17.3 Å². The third kappa shape index (κ3) is 6.73. The monoisotopic (exact) mass is 562 g/mol. The molecule has 5 rings (SSSR count). The number of likely N-dealkylation sites (tertiary alicyclic amines) is 1. The second-order valence-electron chi connectivity index (χ2n) is 11.9. The molecule has 204 valence electrons. The Morgan fingerprint density at radius 3 is 1.63 bits per heavy atom. The predicted octanol–water partition coefficient (Wildman–Crippen LogP) is 7.48. The van der Waals surface area contributed by atoms with Crippen LogP contribution < -0.4 is 10.4 Å². The fourth-order valence-electron chi connectivity index (χ4n) is 6.87. The third-order valence-electron chi connectivity index (χ3n) is 8.27. The van der Waals surface area contributed by atoms with Crippen LogP contribution in [0.1, 0.15) is 51.2 Å². The summed E-state index contributed by atoms with van der Waals surface area (Å²) in [7, 11) is -2.48. The quantitative estimate of drug-likeness (QED) is 0.273. The largest absolute Gasteiger partial charge is 4.00 e. The van der Waals surface area contributed by atoms with Crippen molar-refractivity contribution < 1.29 is 21.7 Å². The van der Waals surface area contributed by atoms with Crippen LogP contribution in [0.25, 0.3) is 4.98 Å². The van der Waals surface area contributed by atoms with Crippen LogP contribution in [0.2, 0.25) is 5.54 Å². The van der Waals surface area contributed by atoms with E-state index in [1.165, 1.54) is 53.9 Å². The molecule has 1 heterocycles. The average molecular weight is 563 g/mol. The van der Waals surface area contributed by atoms with E-state index in [0.29, 0.717) is 23.4 Å². The number of aryl methyl sites for hydroxylation is 2. The van der Waals surface area contributed by atoms with E-state index in [1.54, 1.807) is 0 Å². The fraction of sp³-hybridized carbons (Fsp3) is 0.441. The van der Waals surface area contributed by atoms with Crippen LogP contribution in [0.3, 0.4) is 0 Å². The molecule has 3 aliphatic rings. The SMILES string of the molecule is Cc1ccc([Si]([N-]C(C)(C)C)(c2ccc(C)cc2)C2CC(N3CCCC3)C3C=CC=CC32)cc1.[CH3-].[CH3-].[CH3-].[Ti+4]. The summed E-state index contributed by atoms with van der Waals surface area (Å²) in [5.41, 5.74) is 3.10. The normalized spacial score (nSPS) is 24.4. The Bertz CT molecular complexity index is 1000. The second kappa shape index (κ2) is 13.9. The molecule has 4 unspecified atom stereocenters. The molecule has 0 bridgehead atoms. The van der Waals surface area contributed by atoms with E-state index in [4.69, 9.17) is 4.98 Å². The third-order valence-corrected chi connectivity index (χ3v) is 13.4. The molecule has 0 N–H and O–H groups in total. The number of nitrogens with zero attached hydrogens (tertiary/aromatic N) is 2. The minimum Gasteiger partial charge on any atom is -0.652 e. The smallest absolute Gasteiger partial charge is 0.652 e. The van der Waals surface area contributed by atoms with Gasteiger partial charge in [-0.3, -0.25) is 4.90 Å². The number of fused-ring (bicyclic) bond motifs is 1. The Morgan fingerprint density at radius 2 is 1.18 bits per heavy atom. The van der Waals surface area contributed by atoms with Crippen LogP contribution in [0.15, 0.2) is 72.8 Å². The summed E-state index contributed by atoms with van der Waals surface area (Å²) < 4.78 is 0. The van der Waals surface area contributed by atoms with Gasteiger partial charge in [0, 0.05) is 14.3 Å². The summed E-state index contributed by atoms with van der Waals surface area (Å²) >= 11 is 0. The van der Waals surface area contributed by atoms with Gasteiger partial charge in [0.1, 0.15) is 0 Å². The molecule has 4 heteroatoms. The maximum absolute atomic E-state index is 5.94. The molecular weight excluding hydrogens is 512 g/mol. The van der Waals surface area contributed by atoms with Crippen LogP contribution in [0, 0.1) is 48.0 Å². The summed E-state index contributed by atoms with van der Waals surface area (Å²) in [4.78, 5) is 8.74. The average Bonchev–Trinajstić information content (AvgIpc) is 3.46. The molecule has 2 aromatic rings. The van der Waals surface area contributed by atoms with Crippen molar-refractivity contribution in [1.82, 2.24) is 4.90 Å². The molecule has 1 aliphatic heterocycles. The zero-order chi connectivity index (χ0) is 23.9. The van der Waals surface area contributed by atoms with Crippen molar-refractivity contribution >= 4 is 18.6 Å². The van der Waals surface area contributed by atoms with Crippen molar-refractivity contribution in [3.63, 3.8) is 0 Å². The zero-order valence-electron chi connectivity index (χ0n) is 25.2. The van der Waals surface area contributed by atoms with Gasteiger partial charge in [0.05, 0.1) is 0 Å². The molecule has 2 aliphatic carbocycles. The minimum absolute atomic E-state index is 0. The van der Waals surface area contributed by atoms with Crippen molar-refractivity contribution in [2.24, 2.45) is 11.8 Å². The maximum atomic E-state index is 5.94. The van der Waals surface area contributed by atoms with Gasteiger partial charge in [0.15, 0.2) is 0 Å². The molecule has 4 atom stereocenters. The predicted molar refractivity (Wildman–Crippen MR) is 168 cm³/mol. The van der Waals surface area contributed by atoms with E-state index in [2.05, 4.69) is 112 Å². The van der Waals surface area contributed by atoms with Gasteiger partial charge in [-0.2, -0.15) is 0 Å². The molecular formula is C34H50N2SiTi. The Hall–Kier alpha value is -1.23. The van der Waals surface area contributed by atoms with Crippen LogP contribution in [0.5, 0.6) is 0 Å². The molecule has 0 amide bonds. The van der Waals surface area contributed by atoms with Crippen LogP contribution in [-0.2, 0) is 21.7 Å². The van der Waals surface area contributed by atoms with Gasteiger partial charge in [-0.05, 0) is 63.6 Å². The van der Waals surface area contributed by atoms with E-state index in [1.807, 2.05) is 0 Å². The Morgan fingerprint density at radius 1 is 0.737 bits per heavy atom. The summed E-state index contributed by atoms with van der Waals surface area (Å²) in [5, 5.41) is 2.95. The fourth-order valence-corrected chi connectivity index (χ4v) is 12.4. The molecule has 2 aromatic carbocycles. The Labute approximate surface area is 251 Å². The first-order valence-corrected chi connectivity index (χ1v) is 15.3. The zero-order valence-corrected chi connectivity index (χ0v) is 27.7. The van der Waals surface area contributed by atoms with Gasteiger partial charge in [-0.1, -0.05) is 115 Å². The molecule has 1 saturated carbocycles. The van der Waals surface area contributed by atoms with Gasteiger partial charge < -0.3 is 27.3 Å². The van der Waals surface area contributed by atoms with E-state index in [0.717, 1.165) is 0 Å². The van der Waals surface area contributed by atoms with Gasteiger partial charge >= 0.3 is 21.7 Å². The number of hydrogen-bond acceptors (Lipinski definition) is 1. The summed E-state index contributed by atoms with van der Waals surface area (Å²) in [5.74, 6) is 1.15. The molecule has 0 spiro atoms. The number of allylic oxidation sites excluding steroid dienone is 3. The van der Waals surface area contributed by atoms with Crippen LogP contribution >= 0.6 is 0 Å². The standard InChI is InChI=1S/C31H41N2Si.3CH3.Ti/c1-23-12-16-25(17-13-23)34(32-31(3,4)5,26-18-14-24(2)15-19-26)30-22-29(33-20-8-9-21-33)27-10-6-7-11-28(27)30;;;;/h6-7,10-19,27-30H,8-9,20-22H2,1-5H3;3*1H3;/q4*-1;+4. The van der Waals surface area contributed by atoms with Gasteiger partial charge in [0.25, 0.3) is 0 Å². The van der Waals surface area contributed by atoms with E-state index in [9.17, 15) is 0 Å². The van der Waals surface area contributed by atoms with E-state index >= 15 is 0 Å². The first kappa shape index (κ1) is 34.8. The van der Waals surface area contributed by atoms with Crippen LogP contribution in [-0.4, -0.2) is 37.8 Å². The summed E-state index contributed by atoms with van der Waals surface area (Å²) in [6.07, 6.45) is 13.6. The minimum atomic E-state index is -2.48. The van der Waals surface area contributed by atoms with Crippen LogP contribution in [0.4, 0.5) is 0 Å². The molecule has 0 aromatic heterocycles. The first-order valence-electron chi connectivity index (χ1n) is 13.3. The van der Waals surface area contributed by atoms with Crippen molar-refractivity contribution in [3.8, 4) is 0 Å². The molecule has 2 fully saturated rings. The number of rotatable bonds is 5. The Balaban J connectivity index is 0.00000180. The Kier molecular flexibility index (Phi) is 12.7. The maximum Gasteiger partial charge on any atom is 4.00 e. The van der Waals surface area contributed by atoms with E-state index < -0.39 is 8.24 Å². The van der Waals surface area contributed by atoms with Gasteiger partial charge in [-0.15, -0.1) is 5.54 Å². The number of benzene rings is 2. The summed E-state index contributed by atoms with van der Waals surface area (Å²) in [6, 6.07) is 19.5. The molecule has 0 radical (unpaired) electrons. The van der Waals surface area contributed by atoms with Crippen molar-refractivity contribution in [2.75, 3.05) is 13.1 Å². The summed E-state index contributed by atoms with van der Waals surface area (Å²) in [6.45, 7) is 13.8. The molecule has 2 nitrogen and oxygen atoms in total.